The Morgan fingerprint density at radius 1 is 1.10 bits per heavy atom. The Labute approximate surface area is 124 Å². The summed E-state index contributed by atoms with van der Waals surface area (Å²) >= 11 is 0. The summed E-state index contributed by atoms with van der Waals surface area (Å²) in [6.07, 6.45) is 0. The van der Waals surface area contributed by atoms with Crippen molar-refractivity contribution in [2.45, 2.75) is 13.8 Å². The molecule has 1 aliphatic carbocycles. The molecule has 2 atom stereocenters. The average Bonchev–Trinajstić information content (AvgIpc) is 3.04. The molecule has 0 aliphatic heterocycles. The number of carbonyl (C=O) groups is 2. The first-order valence-electron chi connectivity index (χ1n) is 6.80. The molecular formula is C17H20O4. The number of allylic oxidation sites excluding steroid dienone is 1. The first kappa shape index (κ1) is 15.3. The van der Waals surface area contributed by atoms with E-state index >= 15 is 0 Å². The van der Waals surface area contributed by atoms with Crippen molar-refractivity contribution in [3.8, 4) is 0 Å². The third-order valence-corrected chi connectivity index (χ3v) is 5.02. The minimum Gasteiger partial charge on any atom is -0.468 e. The molecule has 1 aromatic rings. The summed E-state index contributed by atoms with van der Waals surface area (Å²) in [5.41, 5.74) is -0.384. The zero-order valence-corrected chi connectivity index (χ0v) is 12.8. The quantitative estimate of drug-likeness (QED) is 0.631. The van der Waals surface area contributed by atoms with Crippen LogP contribution < -0.4 is 0 Å². The van der Waals surface area contributed by atoms with Gasteiger partial charge in [0.1, 0.15) is 0 Å². The zero-order chi connectivity index (χ0) is 15.8. The lowest BCUT2D eigenvalue weighted by Crippen LogP contribution is -2.34. The van der Waals surface area contributed by atoms with Gasteiger partial charge in [0.25, 0.3) is 0 Å². The van der Waals surface area contributed by atoms with Gasteiger partial charge in [-0.05, 0) is 17.1 Å². The standard InChI is InChI=1S/C17H20O4/c1-11(13-9-7-6-8-10-13)16(3)12(2)17(16,14(18)20-4)15(19)21-5/h6-10,12H,1H2,2-5H3/t12-,16-/m0/s1. The third kappa shape index (κ3) is 1.75. The summed E-state index contributed by atoms with van der Waals surface area (Å²) in [5, 5.41) is 0. The Morgan fingerprint density at radius 2 is 1.57 bits per heavy atom. The molecule has 0 spiro atoms. The maximum atomic E-state index is 12.3. The van der Waals surface area contributed by atoms with E-state index in [2.05, 4.69) is 6.58 Å². The van der Waals surface area contributed by atoms with Gasteiger partial charge in [0, 0.05) is 5.41 Å². The lowest BCUT2D eigenvalue weighted by atomic mass is 9.84. The van der Waals surface area contributed by atoms with Crippen molar-refractivity contribution in [3.63, 3.8) is 0 Å². The van der Waals surface area contributed by atoms with E-state index in [9.17, 15) is 9.59 Å². The Bertz CT molecular complexity index is 574. The highest BCUT2D eigenvalue weighted by Crippen LogP contribution is 2.74. The van der Waals surface area contributed by atoms with Crippen LogP contribution >= 0.6 is 0 Å². The summed E-state index contributed by atoms with van der Waals surface area (Å²) in [6, 6.07) is 9.53. The van der Waals surface area contributed by atoms with Crippen molar-refractivity contribution in [3.05, 3.63) is 42.5 Å². The minimum atomic E-state index is -1.32. The Kier molecular flexibility index (Phi) is 3.66. The molecule has 0 aromatic heterocycles. The number of methoxy groups -OCH3 is 2. The lowest BCUT2D eigenvalue weighted by Gasteiger charge is -2.21. The molecule has 0 amide bonds. The van der Waals surface area contributed by atoms with E-state index in [1.807, 2.05) is 44.2 Å². The number of esters is 2. The molecule has 112 valence electrons. The maximum absolute atomic E-state index is 12.3. The minimum absolute atomic E-state index is 0.238. The van der Waals surface area contributed by atoms with Crippen LogP contribution in [0.5, 0.6) is 0 Å². The smallest absolute Gasteiger partial charge is 0.324 e. The highest BCUT2D eigenvalue weighted by molar-refractivity contribution is 6.09. The topological polar surface area (TPSA) is 52.6 Å². The number of hydrogen-bond acceptors (Lipinski definition) is 4. The zero-order valence-electron chi connectivity index (χ0n) is 12.8. The highest BCUT2D eigenvalue weighted by Gasteiger charge is 2.82. The number of hydrogen-bond donors (Lipinski definition) is 0. The van der Waals surface area contributed by atoms with Gasteiger partial charge in [-0.1, -0.05) is 50.8 Å². The number of carbonyl (C=O) groups excluding carboxylic acids is 2. The summed E-state index contributed by atoms with van der Waals surface area (Å²) in [7, 11) is 2.56. The lowest BCUT2D eigenvalue weighted by molar-refractivity contribution is -0.163. The molecule has 21 heavy (non-hydrogen) atoms. The van der Waals surface area contributed by atoms with Crippen LogP contribution in [0.1, 0.15) is 19.4 Å². The van der Waals surface area contributed by atoms with E-state index in [0.717, 1.165) is 11.1 Å². The van der Waals surface area contributed by atoms with Crippen LogP contribution in [0, 0.1) is 16.7 Å². The number of ether oxygens (including phenoxy) is 2. The van der Waals surface area contributed by atoms with Crippen molar-refractivity contribution < 1.29 is 19.1 Å². The van der Waals surface area contributed by atoms with E-state index < -0.39 is 22.8 Å². The predicted molar refractivity (Wildman–Crippen MR) is 79.2 cm³/mol. The van der Waals surface area contributed by atoms with Gasteiger partial charge in [-0.3, -0.25) is 9.59 Å². The van der Waals surface area contributed by atoms with Gasteiger partial charge in [0.2, 0.25) is 0 Å². The van der Waals surface area contributed by atoms with E-state index in [-0.39, 0.29) is 5.92 Å². The normalized spacial score (nSPS) is 25.8. The van der Waals surface area contributed by atoms with Crippen molar-refractivity contribution >= 4 is 17.5 Å². The molecule has 0 bridgehead atoms. The highest BCUT2D eigenvalue weighted by atomic mass is 16.5. The van der Waals surface area contributed by atoms with Crippen LogP contribution in [0.4, 0.5) is 0 Å². The fraction of sp³-hybridized carbons (Fsp3) is 0.412. The predicted octanol–water partition coefficient (Wildman–Crippen LogP) is 2.69. The molecule has 4 nitrogen and oxygen atoms in total. The molecule has 1 aliphatic rings. The first-order chi connectivity index (χ1) is 9.88. The van der Waals surface area contributed by atoms with Gasteiger partial charge in [0.15, 0.2) is 5.41 Å². The van der Waals surface area contributed by atoms with Gasteiger partial charge in [0.05, 0.1) is 14.2 Å². The second-order valence-corrected chi connectivity index (χ2v) is 5.56. The fourth-order valence-corrected chi connectivity index (χ4v) is 3.46. The van der Waals surface area contributed by atoms with Crippen LogP contribution in [0.15, 0.2) is 36.9 Å². The van der Waals surface area contributed by atoms with Gasteiger partial charge < -0.3 is 9.47 Å². The molecule has 4 heteroatoms. The monoisotopic (exact) mass is 288 g/mol. The van der Waals surface area contributed by atoms with Crippen LogP contribution in [0.2, 0.25) is 0 Å². The molecule has 1 saturated carbocycles. The van der Waals surface area contributed by atoms with E-state index in [0.29, 0.717) is 0 Å². The fourth-order valence-electron chi connectivity index (χ4n) is 3.46. The van der Waals surface area contributed by atoms with Crippen molar-refractivity contribution in [2.24, 2.45) is 16.7 Å². The Morgan fingerprint density at radius 3 is 2.00 bits per heavy atom. The first-order valence-corrected chi connectivity index (χ1v) is 6.80. The van der Waals surface area contributed by atoms with E-state index in [4.69, 9.17) is 9.47 Å². The van der Waals surface area contributed by atoms with Crippen molar-refractivity contribution in [1.29, 1.82) is 0 Å². The van der Waals surface area contributed by atoms with Crippen molar-refractivity contribution in [2.75, 3.05) is 14.2 Å². The van der Waals surface area contributed by atoms with Crippen LogP contribution in [-0.4, -0.2) is 26.2 Å². The van der Waals surface area contributed by atoms with Gasteiger partial charge in [-0.15, -0.1) is 0 Å². The second kappa shape index (κ2) is 5.02. The van der Waals surface area contributed by atoms with Crippen LogP contribution in [0.25, 0.3) is 5.57 Å². The average molecular weight is 288 g/mol. The molecule has 0 saturated heterocycles. The Hall–Kier alpha value is -2.10. The Balaban J connectivity index is 2.50. The maximum Gasteiger partial charge on any atom is 0.324 e. The SMILES string of the molecule is C=C(c1ccccc1)[C@@]1(C)[C@H](C)C1(C(=O)OC)C(=O)OC. The van der Waals surface area contributed by atoms with Crippen LogP contribution in [0.3, 0.4) is 0 Å². The third-order valence-electron chi connectivity index (χ3n) is 5.02. The summed E-state index contributed by atoms with van der Waals surface area (Å²) in [4.78, 5) is 24.6. The van der Waals surface area contributed by atoms with E-state index in [1.54, 1.807) is 0 Å². The van der Waals surface area contributed by atoms with Gasteiger partial charge >= 0.3 is 11.9 Å². The van der Waals surface area contributed by atoms with Gasteiger partial charge in [-0.25, -0.2) is 0 Å². The molecule has 0 N–H and O–H groups in total. The molecule has 0 radical (unpaired) electrons. The molecule has 1 aromatic carbocycles. The number of benzene rings is 1. The van der Waals surface area contributed by atoms with Crippen molar-refractivity contribution in [1.82, 2.24) is 0 Å². The molecule has 1 fully saturated rings. The largest absolute Gasteiger partial charge is 0.468 e. The summed E-state index contributed by atoms with van der Waals surface area (Å²) < 4.78 is 9.74. The molecule has 2 rings (SSSR count). The number of rotatable bonds is 4. The van der Waals surface area contributed by atoms with Gasteiger partial charge in [-0.2, -0.15) is 0 Å². The summed E-state index contributed by atoms with van der Waals surface area (Å²) in [5.74, 6) is -1.37. The summed E-state index contributed by atoms with van der Waals surface area (Å²) in [6.45, 7) is 7.83. The van der Waals surface area contributed by atoms with Crippen LogP contribution in [-0.2, 0) is 19.1 Å². The second-order valence-electron chi connectivity index (χ2n) is 5.56. The molecular weight excluding hydrogens is 268 g/mol. The molecule has 0 heterocycles. The van der Waals surface area contributed by atoms with E-state index in [1.165, 1.54) is 14.2 Å². The molecule has 0 unspecified atom stereocenters.